The number of halogens is 2. The van der Waals surface area contributed by atoms with Crippen molar-refractivity contribution in [3.63, 3.8) is 0 Å². The number of carboxylic acids is 1. The first kappa shape index (κ1) is 28.0. The van der Waals surface area contributed by atoms with Gasteiger partial charge in [0.2, 0.25) is 0 Å². The molecule has 0 spiro atoms. The van der Waals surface area contributed by atoms with Crippen LogP contribution in [0.25, 0.3) is 0 Å². The lowest BCUT2D eigenvalue weighted by atomic mass is 9.55. The maximum atomic E-state index is 13.0. The smallest absolute Gasteiger partial charge is 0.576 e. The zero-order valence-electron chi connectivity index (χ0n) is 20.5. The summed E-state index contributed by atoms with van der Waals surface area (Å²) in [5, 5.41) is 2.99. The Morgan fingerprint density at radius 3 is 2.53 bits per heavy atom. The summed E-state index contributed by atoms with van der Waals surface area (Å²) in [5.74, 6) is -3.71. The van der Waals surface area contributed by atoms with E-state index in [2.05, 4.69) is 9.97 Å². The quantitative estimate of drug-likeness (QED) is 0.374. The first-order chi connectivity index (χ1) is 16.8. The molecule has 10 nitrogen and oxygen atoms in total. The number of aliphatic carboxylic acids is 1. The van der Waals surface area contributed by atoms with Crippen LogP contribution in [0.1, 0.15) is 49.9 Å². The van der Waals surface area contributed by atoms with Crippen molar-refractivity contribution >= 4 is 59.5 Å². The highest BCUT2D eigenvalue weighted by atomic mass is 35.5. The molecule has 3 rings (SSSR count). The zero-order chi connectivity index (χ0) is 26.8. The summed E-state index contributed by atoms with van der Waals surface area (Å²) in [7, 11) is 2.99. The predicted octanol–water partition coefficient (Wildman–Crippen LogP) is 2.29. The standard InChI is InChI=1S/C23H29BCl2N2O8/c1-13(2)7-14(8-16(29)12-27-21(32)17-9-15(25)5-6-18(17)26)24-34-19(30)10-23(36-24,11-20(31)35-24)22(33)28(3)4/h5-6,9,13-14,34H,7-8,10-12H2,1-4H3,(H,27,32)/t14-,23+,24?/m1/s1. The molecule has 1 unspecified atom stereocenters. The Bertz CT molecular complexity index is 1070. The molecule has 1 aromatic rings. The molecule has 2 aliphatic heterocycles. The lowest BCUT2D eigenvalue weighted by Crippen LogP contribution is -2.72. The number of hydrogen-bond acceptors (Lipinski definition) is 7. The van der Waals surface area contributed by atoms with Gasteiger partial charge in [0, 0.05) is 23.9 Å². The maximum Gasteiger partial charge on any atom is 0.576 e. The van der Waals surface area contributed by atoms with E-state index in [-0.39, 0.29) is 35.9 Å². The second-order valence-electron chi connectivity index (χ2n) is 9.85. The average molecular weight is 543 g/mol. The Morgan fingerprint density at radius 1 is 1.19 bits per heavy atom. The van der Waals surface area contributed by atoms with Crippen LogP contribution in [0.5, 0.6) is 0 Å². The van der Waals surface area contributed by atoms with E-state index in [9.17, 15) is 24.0 Å². The fraction of sp³-hybridized carbons (Fsp3) is 0.522. The minimum Gasteiger partial charge on any atom is -0.718 e. The van der Waals surface area contributed by atoms with Gasteiger partial charge in [-0.05, 0) is 36.4 Å². The highest BCUT2D eigenvalue weighted by molar-refractivity contribution is 6.66. The number of fused-ring (bicyclic) bond motifs is 2. The summed E-state index contributed by atoms with van der Waals surface area (Å²) in [4.78, 5) is 65.0. The molecule has 0 aliphatic carbocycles. The third kappa shape index (κ3) is 6.01. The molecule has 2 amide bonds. The molecule has 1 aromatic carbocycles. The Hall–Kier alpha value is -2.63. The van der Waals surface area contributed by atoms with Gasteiger partial charge in [-0.1, -0.05) is 43.5 Å². The van der Waals surface area contributed by atoms with Crippen LogP contribution in [0.15, 0.2) is 18.2 Å². The van der Waals surface area contributed by atoms with Gasteiger partial charge in [0.05, 0.1) is 23.6 Å². The molecular weight excluding hydrogens is 514 g/mol. The van der Waals surface area contributed by atoms with E-state index in [4.69, 9.17) is 32.5 Å². The number of Topliss-reactive ketones (excluding diaryl/α,β-unsaturated/α-hetero) is 1. The average Bonchev–Trinajstić information content (AvgIpc) is 2.76. The number of benzene rings is 1. The SMILES string of the molecule is CC(C)C[C@H](CC(=O)CNC(=O)c1cc(Cl)ccc1Cl)[B-]12OC(=O)C[C@](C(=O)N(C)C)(CC(=O)[OH+]1)O2. The van der Waals surface area contributed by atoms with Gasteiger partial charge in [0.25, 0.3) is 17.8 Å². The van der Waals surface area contributed by atoms with E-state index >= 15 is 0 Å². The van der Waals surface area contributed by atoms with Gasteiger partial charge >= 0.3 is 12.7 Å². The maximum absolute atomic E-state index is 13.0. The molecule has 3 atom stereocenters. The van der Waals surface area contributed by atoms with Crippen LogP contribution in [-0.4, -0.2) is 72.1 Å². The summed E-state index contributed by atoms with van der Waals surface area (Å²) in [5.41, 5.74) is -1.61. The largest absolute Gasteiger partial charge is 0.718 e. The minimum absolute atomic E-state index is 0.00863. The third-order valence-electron chi connectivity index (χ3n) is 6.16. The van der Waals surface area contributed by atoms with Crippen molar-refractivity contribution < 1.29 is 37.9 Å². The van der Waals surface area contributed by atoms with E-state index in [1.54, 1.807) is 0 Å². The van der Waals surface area contributed by atoms with Crippen molar-refractivity contribution in [1.29, 1.82) is 0 Å². The number of nitrogens with one attached hydrogen (secondary N) is 1. The lowest BCUT2D eigenvalue weighted by Gasteiger charge is -2.56. The molecular formula is C23H29BCl2N2O8. The fourth-order valence-electron chi connectivity index (χ4n) is 4.73. The Balaban J connectivity index is 1.82. The van der Waals surface area contributed by atoms with Gasteiger partial charge in [-0.15, -0.1) is 0 Å². The number of ketones is 1. The minimum atomic E-state index is -2.97. The lowest BCUT2D eigenvalue weighted by molar-refractivity contribution is -0.204. The van der Waals surface area contributed by atoms with E-state index in [0.29, 0.717) is 11.4 Å². The number of nitrogens with zero attached hydrogens (tertiary/aromatic N) is 1. The first-order valence-electron chi connectivity index (χ1n) is 11.6. The normalized spacial score (nSPS) is 24.0. The van der Waals surface area contributed by atoms with Gasteiger partial charge in [-0.3, -0.25) is 19.2 Å². The number of hydrogen-bond donors (Lipinski definition) is 1. The molecule has 2 N–H and O–H groups in total. The molecule has 36 heavy (non-hydrogen) atoms. The number of rotatable bonds is 9. The van der Waals surface area contributed by atoms with Crippen molar-refractivity contribution in [2.45, 2.75) is 50.9 Å². The first-order valence-corrected chi connectivity index (χ1v) is 12.3. The van der Waals surface area contributed by atoms with Crippen molar-refractivity contribution in [3.8, 4) is 0 Å². The van der Waals surface area contributed by atoms with E-state index in [1.807, 2.05) is 13.8 Å². The Kier molecular flexibility index (Phi) is 8.37. The van der Waals surface area contributed by atoms with Crippen LogP contribution in [0.3, 0.4) is 0 Å². The fourth-order valence-corrected chi connectivity index (χ4v) is 5.10. The number of amides is 2. The van der Waals surface area contributed by atoms with Gasteiger partial charge in [0.1, 0.15) is 17.8 Å². The number of likely N-dealkylation sites (N-methyl/N-ethyl adjacent to an activating group) is 1. The third-order valence-corrected chi connectivity index (χ3v) is 6.72. The van der Waals surface area contributed by atoms with Crippen LogP contribution < -0.4 is 5.32 Å². The molecule has 2 aliphatic rings. The van der Waals surface area contributed by atoms with Crippen molar-refractivity contribution in [1.82, 2.24) is 10.2 Å². The van der Waals surface area contributed by atoms with Crippen molar-refractivity contribution in [2.75, 3.05) is 20.6 Å². The molecule has 13 heteroatoms. The zero-order valence-corrected chi connectivity index (χ0v) is 22.0. The highest BCUT2D eigenvalue weighted by Crippen LogP contribution is 2.45. The molecule has 0 radical (unpaired) electrons. The molecule has 196 valence electrons. The van der Waals surface area contributed by atoms with E-state index in [0.717, 1.165) is 0 Å². The monoisotopic (exact) mass is 542 g/mol. The van der Waals surface area contributed by atoms with Crippen LogP contribution >= 0.6 is 23.2 Å². The van der Waals surface area contributed by atoms with Gasteiger partial charge in [-0.2, -0.15) is 0 Å². The van der Waals surface area contributed by atoms with Crippen LogP contribution in [0.4, 0.5) is 0 Å². The summed E-state index contributed by atoms with van der Waals surface area (Å²) in [6.07, 6.45) is -0.705. The molecule has 2 bridgehead atoms. The van der Waals surface area contributed by atoms with Gasteiger partial charge in [-0.25, -0.2) is 0 Å². The van der Waals surface area contributed by atoms with Crippen LogP contribution in [0.2, 0.25) is 15.9 Å². The van der Waals surface area contributed by atoms with Crippen LogP contribution in [-0.2, 0) is 28.5 Å². The van der Waals surface area contributed by atoms with Gasteiger partial charge in [0.15, 0.2) is 0 Å². The second kappa shape index (κ2) is 10.8. The number of carbonyl (C=O) groups excluding carboxylic acids is 4. The summed E-state index contributed by atoms with van der Waals surface area (Å²) < 4.78 is 15.7. The summed E-state index contributed by atoms with van der Waals surface area (Å²) >= 11 is 12.0. The van der Waals surface area contributed by atoms with Crippen molar-refractivity contribution in [3.05, 3.63) is 33.8 Å². The molecule has 0 aromatic heterocycles. The molecule has 2 fully saturated rings. The highest BCUT2D eigenvalue weighted by Gasteiger charge is 2.65. The topological polar surface area (TPSA) is 132 Å². The van der Waals surface area contributed by atoms with Crippen LogP contribution in [0, 0.1) is 5.92 Å². The van der Waals surface area contributed by atoms with E-state index < -0.39 is 54.1 Å². The summed E-state index contributed by atoms with van der Waals surface area (Å²) in [6, 6.07) is 4.39. The Morgan fingerprint density at radius 2 is 1.89 bits per heavy atom. The van der Waals surface area contributed by atoms with Gasteiger partial charge < -0.3 is 24.2 Å². The molecule has 2 heterocycles. The van der Waals surface area contributed by atoms with Crippen molar-refractivity contribution in [2.24, 2.45) is 5.92 Å². The second-order valence-corrected chi connectivity index (χ2v) is 10.7. The molecule has 0 saturated carbocycles. The Labute approximate surface area is 218 Å². The van der Waals surface area contributed by atoms with E-state index in [1.165, 1.54) is 37.2 Å². The predicted molar refractivity (Wildman–Crippen MR) is 132 cm³/mol. The number of carbonyl (C=O) groups is 5. The molecule has 2 saturated heterocycles. The summed E-state index contributed by atoms with van der Waals surface area (Å²) in [6.45, 7) is 0.450.